The van der Waals surface area contributed by atoms with Gasteiger partial charge in [0.2, 0.25) is 10.0 Å². The van der Waals surface area contributed by atoms with Gasteiger partial charge in [0.25, 0.3) is 0 Å². The van der Waals surface area contributed by atoms with Crippen LogP contribution in [0, 0.1) is 6.92 Å². The number of aryl methyl sites for hydroxylation is 1. The Bertz CT molecular complexity index is 1290. The Morgan fingerprint density at radius 3 is 2.47 bits per heavy atom. The molecule has 0 spiro atoms. The molecular weight excluding hydrogens is 426 g/mol. The molecule has 2 aliphatic carbocycles. The minimum Gasteiger partial charge on any atom is -0.390 e. The third-order valence-corrected chi connectivity index (χ3v) is 8.28. The average molecular weight is 452 g/mol. The van der Waals surface area contributed by atoms with E-state index in [-0.39, 0.29) is 10.7 Å². The van der Waals surface area contributed by atoms with E-state index in [9.17, 15) is 13.5 Å². The fourth-order valence-electron chi connectivity index (χ4n) is 4.95. The van der Waals surface area contributed by atoms with E-state index in [4.69, 9.17) is 5.73 Å². The van der Waals surface area contributed by atoms with Crippen molar-refractivity contribution in [1.29, 1.82) is 0 Å². The standard InChI is InChI=1S/C23H25N5O3S/c1-15-2-3-17(32(30,31)28-22-6-8-23(29,14-22)9-7-22)12-18(15)19-13-26-21(24)20(27-19)16-4-10-25-11-5-16/h2-5,10-13,28-29H,6-9,14H2,1H3,(H2,24,26). The zero-order valence-electron chi connectivity index (χ0n) is 17.7. The van der Waals surface area contributed by atoms with Crippen molar-refractivity contribution in [2.45, 2.75) is 55.1 Å². The summed E-state index contributed by atoms with van der Waals surface area (Å²) in [5.41, 5.74) is 8.14. The molecule has 0 radical (unpaired) electrons. The SMILES string of the molecule is Cc1ccc(S(=O)(=O)NC23CCC(O)(CC2)C3)cc1-c1cnc(N)c(-c2ccncc2)n1. The Kier molecular flexibility index (Phi) is 4.81. The lowest BCUT2D eigenvalue weighted by Gasteiger charge is -2.27. The highest BCUT2D eigenvalue weighted by atomic mass is 32.2. The van der Waals surface area contributed by atoms with Crippen molar-refractivity contribution in [3.05, 3.63) is 54.5 Å². The Morgan fingerprint density at radius 1 is 1.09 bits per heavy atom. The molecule has 8 nitrogen and oxygen atoms in total. The molecule has 0 atom stereocenters. The van der Waals surface area contributed by atoms with Gasteiger partial charge in [-0.05, 0) is 68.9 Å². The van der Waals surface area contributed by atoms with Gasteiger partial charge >= 0.3 is 0 Å². The first-order chi connectivity index (χ1) is 15.2. The topological polar surface area (TPSA) is 131 Å². The van der Waals surface area contributed by atoms with Crippen molar-refractivity contribution in [1.82, 2.24) is 19.7 Å². The number of sulfonamides is 1. The van der Waals surface area contributed by atoms with Gasteiger partial charge in [-0.3, -0.25) is 4.98 Å². The van der Waals surface area contributed by atoms with Gasteiger partial charge in [0, 0.05) is 29.1 Å². The summed E-state index contributed by atoms with van der Waals surface area (Å²) in [5, 5.41) is 10.5. The number of nitrogens with one attached hydrogen (secondary N) is 1. The molecule has 0 saturated heterocycles. The number of anilines is 1. The number of nitrogens with zero attached hydrogens (tertiary/aromatic N) is 3. The van der Waals surface area contributed by atoms with Crippen molar-refractivity contribution in [2.24, 2.45) is 0 Å². The van der Waals surface area contributed by atoms with Gasteiger partial charge in [-0.25, -0.2) is 23.1 Å². The second kappa shape index (κ2) is 7.33. The van der Waals surface area contributed by atoms with E-state index in [1.54, 1.807) is 48.9 Å². The lowest BCUT2D eigenvalue weighted by molar-refractivity contribution is 0.0521. The van der Waals surface area contributed by atoms with Gasteiger partial charge in [-0.2, -0.15) is 0 Å². The van der Waals surface area contributed by atoms with E-state index in [1.807, 2.05) is 6.92 Å². The van der Waals surface area contributed by atoms with Crippen LogP contribution < -0.4 is 10.5 Å². The first-order valence-corrected chi connectivity index (χ1v) is 12.1. The van der Waals surface area contributed by atoms with E-state index in [1.165, 1.54) is 0 Å². The quantitative estimate of drug-likeness (QED) is 0.543. The maximum atomic E-state index is 13.3. The van der Waals surface area contributed by atoms with Crippen LogP contribution in [0.3, 0.4) is 0 Å². The molecule has 2 bridgehead atoms. The van der Waals surface area contributed by atoms with Gasteiger partial charge in [0.15, 0.2) is 0 Å². The van der Waals surface area contributed by atoms with Crippen LogP contribution in [-0.2, 0) is 10.0 Å². The van der Waals surface area contributed by atoms with Gasteiger partial charge in [0.1, 0.15) is 11.5 Å². The molecule has 2 saturated carbocycles. The van der Waals surface area contributed by atoms with Crippen molar-refractivity contribution >= 4 is 15.8 Å². The Morgan fingerprint density at radius 2 is 1.81 bits per heavy atom. The first kappa shape index (κ1) is 21.0. The van der Waals surface area contributed by atoms with Crippen molar-refractivity contribution in [2.75, 3.05) is 5.73 Å². The maximum Gasteiger partial charge on any atom is 0.241 e. The molecular formula is C23H25N5O3S. The van der Waals surface area contributed by atoms with E-state index >= 15 is 0 Å². The zero-order chi connectivity index (χ0) is 22.6. The van der Waals surface area contributed by atoms with Crippen LogP contribution in [0.25, 0.3) is 22.5 Å². The lowest BCUT2D eigenvalue weighted by atomic mass is 9.94. The van der Waals surface area contributed by atoms with Crippen LogP contribution in [0.5, 0.6) is 0 Å². The molecule has 0 amide bonds. The number of fused-ring (bicyclic) bond motifs is 2. The van der Waals surface area contributed by atoms with Crippen LogP contribution in [-0.4, -0.2) is 39.6 Å². The number of nitrogen functional groups attached to an aromatic ring is 1. The summed E-state index contributed by atoms with van der Waals surface area (Å²) >= 11 is 0. The fourth-order valence-corrected chi connectivity index (χ4v) is 6.44. The van der Waals surface area contributed by atoms with Crippen LogP contribution in [0.1, 0.15) is 37.7 Å². The monoisotopic (exact) mass is 451 g/mol. The second-order valence-corrected chi connectivity index (χ2v) is 10.7. The predicted octanol–water partition coefficient (Wildman–Crippen LogP) is 2.82. The first-order valence-electron chi connectivity index (χ1n) is 10.6. The minimum atomic E-state index is -3.77. The normalized spacial score (nSPS) is 24.7. The fraction of sp³-hybridized carbons (Fsp3) is 0.348. The molecule has 0 unspecified atom stereocenters. The Hall–Kier alpha value is -2.88. The summed E-state index contributed by atoms with van der Waals surface area (Å²) in [6, 6.07) is 8.59. The summed E-state index contributed by atoms with van der Waals surface area (Å²) in [5.74, 6) is 0.289. The Labute approximate surface area is 187 Å². The number of benzene rings is 1. The number of aromatic nitrogens is 3. The molecule has 2 heterocycles. The van der Waals surface area contributed by atoms with E-state index in [0.717, 1.165) is 11.1 Å². The molecule has 9 heteroatoms. The Balaban J connectivity index is 1.51. The predicted molar refractivity (Wildman–Crippen MR) is 121 cm³/mol. The number of pyridine rings is 1. The summed E-state index contributed by atoms with van der Waals surface area (Å²) in [6.07, 6.45) is 7.90. The van der Waals surface area contributed by atoms with Crippen molar-refractivity contribution in [3.8, 4) is 22.5 Å². The lowest BCUT2D eigenvalue weighted by Crippen LogP contribution is -2.44. The number of aliphatic hydroxyl groups is 1. The van der Waals surface area contributed by atoms with Crippen LogP contribution in [0.4, 0.5) is 5.82 Å². The molecule has 0 aliphatic heterocycles. The molecule has 1 aromatic carbocycles. The van der Waals surface area contributed by atoms with Gasteiger partial charge < -0.3 is 10.8 Å². The van der Waals surface area contributed by atoms with E-state index < -0.39 is 21.2 Å². The number of rotatable bonds is 5. The highest BCUT2D eigenvalue weighted by Gasteiger charge is 2.55. The van der Waals surface area contributed by atoms with E-state index in [2.05, 4.69) is 19.7 Å². The highest BCUT2D eigenvalue weighted by molar-refractivity contribution is 7.89. The smallest absolute Gasteiger partial charge is 0.241 e. The minimum absolute atomic E-state index is 0.166. The van der Waals surface area contributed by atoms with Crippen LogP contribution >= 0.6 is 0 Å². The molecule has 32 heavy (non-hydrogen) atoms. The molecule has 5 rings (SSSR count). The van der Waals surface area contributed by atoms with Crippen molar-refractivity contribution < 1.29 is 13.5 Å². The summed E-state index contributed by atoms with van der Waals surface area (Å²) < 4.78 is 29.4. The summed E-state index contributed by atoms with van der Waals surface area (Å²) in [4.78, 5) is 13.2. The van der Waals surface area contributed by atoms with Gasteiger partial charge in [-0.15, -0.1) is 0 Å². The summed E-state index contributed by atoms with van der Waals surface area (Å²) in [6.45, 7) is 1.90. The van der Waals surface area contributed by atoms with E-state index in [0.29, 0.717) is 49.1 Å². The third-order valence-electron chi connectivity index (χ3n) is 6.71. The highest BCUT2D eigenvalue weighted by Crippen LogP contribution is 2.51. The van der Waals surface area contributed by atoms with Gasteiger partial charge in [-0.1, -0.05) is 6.07 Å². The molecule has 4 N–H and O–H groups in total. The second-order valence-electron chi connectivity index (χ2n) is 8.99. The average Bonchev–Trinajstić information content (AvgIpc) is 3.27. The molecule has 2 aromatic heterocycles. The number of hydrogen-bond donors (Lipinski definition) is 3. The van der Waals surface area contributed by atoms with Crippen molar-refractivity contribution in [3.63, 3.8) is 0 Å². The number of nitrogens with two attached hydrogens (primary N) is 1. The molecule has 166 valence electrons. The van der Waals surface area contributed by atoms with Crippen LogP contribution in [0.2, 0.25) is 0 Å². The maximum absolute atomic E-state index is 13.3. The molecule has 2 fully saturated rings. The number of hydrogen-bond acceptors (Lipinski definition) is 7. The van der Waals surface area contributed by atoms with Crippen LogP contribution in [0.15, 0.2) is 53.8 Å². The largest absolute Gasteiger partial charge is 0.390 e. The summed E-state index contributed by atoms with van der Waals surface area (Å²) in [7, 11) is -3.77. The third kappa shape index (κ3) is 3.66. The van der Waals surface area contributed by atoms with Gasteiger partial charge in [0.05, 0.1) is 22.4 Å². The molecule has 3 aromatic rings. The molecule has 2 aliphatic rings. The zero-order valence-corrected chi connectivity index (χ0v) is 18.6.